The summed E-state index contributed by atoms with van der Waals surface area (Å²) in [4.78, 5) is 4.18. The number of hydrogen-bond donors (Lipinski definition) is 2. The van der Waals surface area contributed by atoms with E-state index in [2.05, 4.69) is 21.7 Å². The van der Waals surface area contributed by atoms with Crippen LogP contribution in [0.15, 0.2) is 18.3 Å². The largest absolute Gasteiger partial charge is 0.369 e. The van der Waals surface area contributed by atoms with Gasteiger partial charge in [-0.1, -0.05) is 0 Å². The number of anilines is 1. The van der Waals surface area contributed by atoms with Crippen LogP contribution in [0.4, 0.5) is 5.82 Å². The maximum Gasteiger partial charge on any atom is 0.143 e. The Kier molecular flexibility index (Phi) is 5.75. The first-order valence-corrected chi connectivity index (χ1v) is 5.70. The highest BCUT2D eigenvalue weighted by molar-refractivity contribution is 5.85. The quantitative estimate of drug-likeness (QED) is 0.861. The molecule has 0 bridgehead atoms. The fourth-order valence-corrected chi connectivity index (χ4v) is 1.96. The van der Waals surface area contributed by atoms with Gasteiger partial charge in [-0.15, -0.1) is 12.4 Å². The van der Waals surface area contributed by atoms with Crippen LogP contribution in [-0.2, 0) is 0 Å². The van der Waals surface area contributed by atoms with Crippen molar-refractivity contribution in [3.63, 3.8) is 0 Å². The Hall–Kier alpha value is -1.31. The fourth-order valence-electron chi connectivity index (χ4n) is 1.96. The molecule has 1 aliphatic rings. The van der Waals surface area contributed by atoms with Gasteiger partial charge in [0.2, 0.25) is 0 Å². The van der Waals surface area contributed by atoms with Crippen molar-refractivity contribution in [3.8, 4) is 6.07 Å². The standard InChI is InChI=1S/C12H16N4.ClH/c13-8-11-2-1-5-15-12(11)16-9-10-3-6-14-7-4-10;/h1-2,5,10,14H,3-4,6-7,9H2,(H,15,16);1H. The maximum atomic E-state index is 8.92. The van der Waals surface area contributed by atoms with E-state index in [0.29, 0.717) is 17.3 Å². The summed E-state index contributed by atoms with van der Waals surface area (Å²) in [5.74, 6) is 1.40. The molecule has 2 heterocycles. The molecule has 0 amide bonds. The minimum absolute atomic E-state index is 0. The van der Waals surface area contributed by atoms with Crippen LogP contribution >= 0.6 is 12.4 Å². The van der Waals surface area contributed by atoms with Crippen molar-refractivity contribution in [2.24, 2.45) is 5.92 Å². The van der Waals surface area contributed by atoms with Crippen molar-refractivity contribution in [2.75, 3.05) is 25.0 Å². The number of hydrogen-bond acceptors (Lipinski definition) is 4. The van der Waals surface area contributed by atoms with Crippen LogP contribution in [0.1, 0.15) is 18.4 Å². The number of nitrogens with one attached hydrogen (secondary N) is 2. The van der Waals surface area contributed by atoms with Crippen LogP contribution in [0, 0.1) is 17.2 Å². The molecule has 0 aliphatic carbocycles. The predicted octanol–water partition coefficient (Wildman–Crippen LogP) is 1.79. The summed E-state index contributed by atoms with van der Waals surface area (Å²) in [6.45, 7) is 3.10. The Bertz CT molecular complexity index is 382. The molecule has 4 nitrogen and oxygen atoms in total. The highest BCUT2D eigenvalue weighted by Crippen LogP contribution is 2.14. The normalized spacial score (nSPS) is 15.7. The first kappa shape index (κ1) is 13.8. The average Bonchev–Trinajstić information content (AvgIpc) is 2.38. The highest BCUT2D eigenvalue weighted by atomic mass is 35.5. The van der Waals surface area contributed by atoms with Crippen LogP contribution in [-0.4, -0.2) is 24.6 Å². The second kappa shape index (κ2) is 7.10. The Balaban J connectivity index is 0.00000144. The summed E-state index contributed by atoms with van der Waals surface area (Å²) in [6, 6.07) is 5.72. The van der Waals surface area contributed by atoms with Crippen molar-refractivity contribution < 1.29 is 0 Å². The van der Waals surface area contributed by atoms with Gasteiger partial charge in [-0.25, -0.2) is 4.98 Å². The van der Waals surface area contributed by atoms with Gasteiger partial charge in [-0.2, -0.15) is 5.26 Å². The maximum absolute atomic E-state index is 8.92. The zero-order valence-electron chi connectivity index (χ0n) is 9.65. The van der Waals surface area contributed by atoms with Gasteiger partial charge in [0.1, 0.15) is 11.9 Å². The molecular weight excluding hydrogens is 236 g/mol. The van der Waals surface area contributed by atoms with Crippen LogP contribution in [0.25, 0.3) is 0 Å². The minimum atomic E-state index is 0. The van der Waals surface area contributed by atoms with Crippen molar-refractivity contribution in [1.82, 2.24) is 10.3 Å². The third-order valence-corrected chi connectivity index (χ3v) is 2.95. The molecule has 17 heavy (non-hydrogen) atoms. The Morgan fingerprint density at radius 1 is 1.47 bits per heavy atom. The zero-order valence-corrected chi connectivity index (χ0v) is 10.5. The molecule has 92 valence electrons. The lowest BCUT2D eigenvalue weighted by Crippen LogP contribution is -2.31. The number of rotatable bonds is 3. The van der Waals surface area contributed by atoms with Gasteiger partial charge >= 0.3 is 0 Å². The summed E-state index contributed by atoms with van der Waals surface area (Å²) in [5, 5.41) is 15.5. The predicted molar refractivity (Wildman–Crippen MR) is 70.3 cm³/mol. The second-order valence-corrected chi connectivity index (χ2v) is 4.09. The van der Waals surface area contributed by atoms with Crippen molar-refractivity contribution in [1.29, 1.82) is 5.26 Å². The number of halogens is 1. The molecule has 2 N–H and O–H groups in total. The van der Waals surface area contributed by atoms with Gasteiger partial charge in [0.15, 0.2) is 0 Å². The molecule has 1 aromatic heterocycles. The van der Waals surface area contributed by atoms with Crippen LogP contribution in [0.5, 0.6) is 0 Å². The molecule has 0 aromatic carbocycles. The smallest absolute Gasteiger partial charge is 0.143 e. The monoisotopic (exact) mass is 252 g/mol. The Labute approximate surface area is 108 Å². The van der Waals surface area contributed by atoms with Crippen LogP contribution < -0.4 is 10.6 Å². The van der Waals surface area contributed by atoms with Gasteiger partial charge in [0, 0.05) is 12.7 Å². The number of piperidine rings is 1. The SMILES string of the molecule is Cl.N#Cc1cccnc1NCC1CCNCC1. The lowest BCUT2D eigenvalue weighted by molar-refractivity contribution is 0.389. The molecule has 0 radical (unpaired) electrons. The van der Waals surface area contributed by atoms with Gasteiger partial charge in [-0.3, -0.25) is 0 Å². The minimum Gasteiger partial charge on any atom is -0.369 e. The second-order valence-electron chi connectivity index (χ2n) is 4.09. The van der Waals surface area contributed by atoms with E-state index in [0.717, 1.165) is 19.6 Å². The third-order valence-electron chi connectivity index (χ3n) is 2.95. The van der Waals surface area contributed by atoms with Gasteiger partial charge < -0.3 is 10.6 Å². The number of nitrogens with zero attached hydrogens (tertiary/aromatic N) is 2. The number of aromatic nitrogens is 1. The van der Waals surface area contributed by atoms with E-state index < -0.39 is 0 Å². The van der Waals surface area contributed by atoms with Gasteiger partial charge in [0.05, 0.1) is 5.56 Å². The molecule has 1 aromatic rings. The van der Waals surface area contributed by atoms with E-state index in [9.17, 15) is 0 Å². The first-order chi connectivity index (χ1) is 7.90. The van der Waals surface area contributed by atoms with E-state index >= 15 is 0 Å². The Morgan fingerprint density at radius 2 is 2.24 bits per heavy atom. The van der Waals surface area contributed by atoms with E-state index in [1.165, 1.54) is 12.8 Å². The fraction of sp³-hybridized carbons (Fsp3) is 0.500. The zero-order chi connectivity index (χ0) is 11.2. The van der Waals surface area contributed by atoms with E-state index in [1.807, 2.05) is 0 Å². The number of pyridine rings is 1. The summed E-state index contributed by atoms with van der Waals surface area (Å²) in [5.41, 5.74) is 0.622. The molecule has 0 unspecified atom stereocenters. The third kappa shape index (κ3) is 3.88. The lowest BCUT2D eigenvalue weighted by atomic mass is 9.98. The molecule has 0 atom stereocenters. The van der Waals surface area contributed by atoms with E-state index in [4.69, 9.17) is 5.26 Å². The molecule has 1 aliphatic heterocycles. The van der Waals surface area contributed by atoms with Crippen molar-refractivity contribution in [2.45, 2.75) is 12.8 Å². The van der Waals surface area contributed by atoms with Crippen LogP contribution in [0.3, 0.4) is 0 Å². The molecule has 2 rings (SSSR count). The lowest BCUT2D eigenvalue weighted by Gasteiger charge is -2.23. The van der Waals surface area contributed by atoms with Gasteiger partial charge in [0.25, 0.3) is 0 Å². The van der Waals surface area contributed by atoms with Crippen molar-refractivity contribution >= 4 is 18.2 Å². The highest BCUT2D eigenvalue weighted by Gasteiger charge is 2.13. The summed E-state index contributed by atoms with van der Waals surface area (Å²) in [7, 11) is 0. The number of nitriles is 1. The molecule has 0 spiro atoms. The molecule has 0 saturated carbocycles. The first-order valence-electron chi connectivity index (χ1n) is 5.70. The summed E-state index contributed by atoms with van der Waals surface area (Å²) >= 11 is 0. The molecule has 5 heteroatoms. The van der Waals surface area contributed by atoms with Gasteiger partial charge in [-0.05, 0) is 44.0 Å². The topological polar surface area (TPSA) is 60.7 Å². The molecule has 1 saturated heterocycles. The Morgan fingerprint density at radius 3 is 2.94 bits per heavy atom. The summed E-state index contributed by atoms with van der Waals surface area (Å²) in [6.07, 6.45) is 4.11. The average molecular weight is 253 g/mol. The molecular formula is C12H17ClN4. The van der Waals surface area contributed by atoms with E-state index in [1.54, 1.807) is 18.3 Å². The van der Waals surface area contributed by atoms with Crippen LogP contribution in [0.2, 0.25) is 0 Å². The summed E-state index contributed by atoms with van der Waals surface area (Å²) < 4.78 is 0. The van der Waals surface area contributed by atoms with E-state index in [-0.39, 0.29) is 12.4 Å². The molecule has 1 fully saturated rings. The van der Waals surface area contributed by atoms with Crippen molar-refractivity contribution in [3.05, 3.63) is 23.9 Å².